The quantitative estimate of drug-likeness (QED) is 0.877. The van der Waals surface area contributed by atoms with E-state index in [2.05, 4.69) is 0 Å². The summed E-state index contributed by atoms with van der Waals surface area (Å²) < 4.78 is 5.55. The maximum absolute atomic E-state index is 10.5. The summed E-state index contributed by atoms with van der Waals surface area (Å²) in [5, 5.41) is 10.9. The van der Waals surface area contributed by atoms with Crippen molar-refractivity contribution in [3.8, 4) is 5.75 Å². The van der Waals surface area contributed by atoms with Gasteiger partial charge >= 0.3 is 5.97 Å². The molecule has 1 atom stereocenters. The van der Waals surface area contributed by atoms with Gasteiger partial charge in [0.05, 0.1) is 6.42 Å². The second-order valence-electron chi connectivity index (χ2n) is 4.04. The van der Waals surface area contributed by atoms with Crippen molar-refractivity contribution in [1.29, 1.82) is 0 Å². The number of hydrogen-bond donors (Lipinski definition) is 1. The summed E-state index contributed by atoms with van der Waals surface area (Å²) in [4.78, 5) is 10.5. The summed E-state index contributed by atoms with van der Waals surface area (Å²) in [6, 6.07) is 13.7. The van der Waals surface area contributed by atoms with E-state index in [1.165, 1.54) is 0 Å². The third kappa shape index (κ3) is 2.97. The van der Waals surface area contributed by atoms with Crippen molar-refractivity contribution >= 4 is 16.7 Å². The molecule has 0 amide bonds. The molecule has 0 aromatic heterocycles. The average molecular weight is 230 g/mol. The predicted octanol–water partition coefficient (Wildman–Crippen LogP) is 3.08. The largest absolute Gasteiger partial charge is 0.490 e. The van der Waals surface area contributed by atoms with E-state index in [0.717, 1.165) is 10.8 Å². The average Bonchev–Trinajstić information content (AvgIpc) is 2.27. The van der Waals surface area contributed by atoms with Crippen molar-refractivity contribution in [1.82, 2.24) is 0 Å². The zero-order chi connectivity index (χ0) is 12.3. The van der Waals surface area contributed by atoms with Crippen LogP contribution in [0.4, 0.5) is 0 Å². The Hall–Kier alpha value is -2.03. The Morgan fingerprint density at radius 3 is 2.65 bits per heavy atom. The molecule has 3 heteroatoms. The van der Waals surface area contributed by atoms with Gasteiger partial charge in [0.15, 0.2) is 0 Å². The number of hydrogen-bond acceptors (Lipinski definition) is 2. The van der Waals surface area contributed by atoms with E-state index >= 15 is 0 Å². The molecule has 0 fully saturated rings. The number of aliphatic carboxylic acids is 1. The van der Waals surface area contributed by atoms with Crippen LogP contribution < -0.4 is 4.74 Å². The third-order valence-electron chi connectivity index (χ3n) is 2.52. The summed E-state index contributed by atoms with van der Waals surface area (Å²) in [5.41, 5.74) is 0. The normalized spacial score (nSPS) is 12.3. The van der Waals surface area contributed by atoms with Crippen LogP contribution in [0.25, 0.3) is 10.8 Å². The molecule has 0 aliphatic heterocycles. The number of rotatable bonds is 4. The molecular weight excluding hydrogens is 216 g/mol. The van der Waals surface area contributed by atoms with Crippen LogP contribution >= 0.6 is 0 Å². The molecule has 0 spiro atoms. The predicted molar refractivity (Wildman–Crippen MR) is 66.3 cm³/mol. The van der Waals surface area contributed by atoms with E-state index in [9.17, 15) is 4.79 Å². The number of carboxylic acids is 1. The molecule has 2 rings (SSSR count). The first-order valence-electron chi connectivity index (χ1n) is 5.52. The van der Waals surface area contributed by atoms with Gasteiger partial charge in [-0.05, 0) is 29.8 Å². The van der Waals surface area contributed by atoms with Gasteiger partial charge in [-0.2, -0.15) is 0 Å². The Morgan fingerprint density at radius 1 is 1.24 bits per heavy atom. The lowest BCUT2D eigenvalue weighted by molar-refractivity contribution is -0.138. The van der Waals surface area contributed by atoms with Gasteiger partial charge in [0, 0.05) is 0 Å². The highest BCUT2D eigenvalue weighted by atomic mass is 16.5. The molecule has 2 aromatic rings. The number of carbonyl (C=O) groups is 1. The lowest BCUT2D eigenvalue weighted by atomic mass is 10.1. The SMILES string of the molecule is CC(CC(=O)O)Oc1ccc2ccccc2c1. The lowest BCUT2D eigenvalue weighted by Gasteiger charge is -2.13. The molecule has 0 saturated carbocycles. The van der Waals surface area contributed by atoms with Crippen LogP contribution in [0.3, 0.4) is 0 Å². The lowest BCUT2D eigenvalue weighted by Crippen LogP contribution is -2.16. The van der Waals surface area contributed by atoms with E-state index in [0.29, 0.717) is 5.75 Å². The Labute approximate surface area is 99.6 Å². The molecule has 0 aliphatic carbocycles. The van der Waals surface area contributed by atoms with Crippen LogP contribution in [0, 0.1) is 0 Å². The zero-order valence-corrected chi connectivity index (χ0v) is 9.59. The molecule has 0 aliphatic rings. The van der Waals surface area contributed by atoms with E-state index < -0.39 is 5.97 Å². The van der Waals surface area contributed by atoms with Crippen molar-refractivity contribution < 1.29 is 14.6 Å². The minimum absolute atomic E-state index is 0.00677. The molecule has 1 N–H and O–H groups in total. The number of fused-ring (bicyclic) bond motifs is 1. The van der Waals surface area contributed by atoms with Crippen LogP contribution in [-0.4, -0.2) is 17.2 Å². The molecule has 0 radical (unpaired) electrons. The Kier molecular flexibility index (Phi) is 3.28. The van der Waals surface area contributed by atoms with Gasteiger partial charge in [-0.15, -0.1) is 0 Å². The molecule has 0 bridgehead atoms. The highest BCUT2D eigenvalue weighted by Gasteiger charge is 2.09. The van der Waals surface area contributed by atoms with Crippen molar-refractivity contribution in [2.24, 2.45) is 0 Å². The van der Waals surface area contributed by atoms with Crippen molar-refractivity contribution in [2.75, 3.05) is 0 Å². The van der Waals surface area contributed by atoms with Crippen LogP contribution in [0.5, 0.6) is 5.75 Å². The third-order valence-corrected chi connectivity index (χ3v) is 2.52. The summed E-state index contributed by atoms with van der Waals surface area (Å²) >= 11 is 0. The molecule has 0 saturated heterocycles. The van der Waals surface area contributed by atoms with Crippen molar-refractivity contribution in [3.63, 3.8) is 0 Å². The summed E-state index contributed by atoms with van der Waals surface area (Å²) in [6.07, 6.45) is -0.319. The second kappa shape index (κ2) is 4.87. The number of ether oxygens (including phenoxy) is 1. The van der Waals surface area contributed by atoms with Gasteiger partial charge in [0.1, 0.15) is 11.9 Å². The summed E-state index contributed by atoms with van der Waals surface area (Å²) in [6.45, 7) is 1.75. The van der Waals surface area contributed by atoms with Gasteiger partial charge in [0.25, 0.3) is 0 Å². The summed E-state index contributed by atoms with van der Waals surface area (Å²) in [5.74, 6) is -0.143. The smallest absolute Gasteiger partial charge is 0.307 e. The Bertz CT molecular complexity index is 534. The fraction of sp³-hybridized carbons (Fsp3) is 0.214. The van der Waals surface area contributed by atoms with Crippen LogP contribution in [-0.2, 0) is 4.79 Å². The van der Waals surface area contributed by atoms with Gasteiger partial charge in [-0.3, -0.25) is 4.79 Å². The minimum atomic E-state index is -0.849. The zero-order valence-electron chi connectivity index (χ0n) is 9.59. The molecule has 0 heterocycles. The van der Waals surface area contributed by atoms with Crippen LogP contribution in [0.1, 0.15) is 13.3 Å². The standard InChI is InChI=1S/C14H14O3/c1-10(8-14(15)16)17-13-7-6-11-4-2-3-5-12(11)9-13/h2-7,9-10H,8H2,1H3,(H,15,16). The van der Waals surface area contributed by atoms with Gasteiger partial charge in [-0.1, -0.05) is 30.3 Å². The van der Waals surface area contributed by atoms with Crippen LogP contribution in [0.2, 0.25) is 0 Å². The highest BCUT2D eigenvalue weighted by molar-refractivity contribution is 5.83. The highest BCUT2D eigenvalue weighted by Crippen LogP contribution is 2.21. The Balaban J connectivity index is 2.16. The monoisotopic (exact) mass is 230 g/mol. The number of benzene rings is 2. The maximum Gasteiger partial charge on any atom is 0.307 e. The fourth-order valence-corrected chi connectivity index (χ4v) is 1.76. The molecule has 17 heavy (non-hydrogen) atoms. The van der Waals surface area contributed by atoms with Crippen LogP contribution in [0.15, 0.2) is 42.5 Å². The van der Waals surface area contributed by atoms with Gasteiger partial charge in [-0.25, -0.2) is 0 Å². The van der Waals surface area contributed by atoms with E-state index in [1.54, 1.807) is 6.92 Å². The summed E-state index contributed by atoms with van der Waals surface area (Å²) in [7, 11) is 0. The van der Waals surface area contributed by atoms with Crippen molar-refractivity contribution in [3.05, 3.63) is 42.5 Å². The number of carboxylic acid groups (broad SMARTS) is 1. The van der Waals surface area contributed by atoms with Gasteiger partial charge in [0.2, 0.25) is 0 Å². The first-order chi connectivity index (χ1) is 8.15. The van der Waals surface area contributed by atoms with E-state index in [1.807, 2.05) is 42.5 Å². The first kappa shape index (κ1) is 11.5. The topological polar surface area (TPSA) is 46.5 Å². The first-order valence-corrected chi connectivity index (χ1v) is 5.52. The molecule has 2 aromatic carbocycles. The fourth-order valence-electron chi connectivity index (χ4n) is 1.76. The molecule has 1 unspecified atom stereocenters. The molecular formula is C14H14O3. The molecule has 3 nitrogen and oxygen atoms in total. The van der Waals surface area contributed by atoms with Crippen molar-refractivity contribution in [2.45, 2.75) is 19.4 Å². The molecule has 88 valence electrons. The Morgan fingerprint density at radius 2 is 1.94 bits per heavy atom. The van der Waals surface area contributed by atoms with E-state index in [-0.39, 0.29) is 12.5 Å². The minimum Gasteiger partial charge on any atom is -0.490 e. The van der Waals surface area contributed by atoms with E-state index in [4.69, 9.17) is 9.84 Å². The maximum atomic E-state index is 10.5. The van der Waals surface area contributed by atoms with Gasteiger partial charge < -0.3 is 9.84 Å². The second-order valence-corrected chi connectivity index (χ2v) is 4.04.